The van der Waals surface area contributed by atoms with Crippen LogP contribution in [0.4, 0.5) is 5.95 Å². The first-order chi connectivity index (χ1) is 10.3. The number of aryl methyl sites for hydroxylation is 1. The molecular formula is C15H23ClN4O2. The number of nitrogens with zero attached hydrogens (tertiary/aromatic N) is 2. The van der Waals surface area contributed by atoms with Crippen LogP contribution >= 0.6 is 12.4 Å². The Bertz CT molecular complexity index is 600. The van der Waals surface area contributed by atoms with E-state index in [4.69, 9.17) is 4.74 Å². The Kier molecular flexibility index (Phi) is 7.87. The molecule has 0 saturated carbocycles. The molecule has 0 aliphatic carbocycles. The number of hydrogen-bond donors (Lipinski definition) is 2. The van der Waals surface area contributed by atoms with Gasteiger partial charge in [-0.05, 0) is 32.5 Å². The van der Waals surface area contributed by atoms with E-state index in [-0.39, 0.29) is 24.9 Å². The van der Waals surface area contributed by atoms with Crippen LogP contribution in [0, 0.1) is 0 Å². The van der Waals surface area contributed by atoms with Crippen LogP contribution in [0.15, 0.2) is 24.3 Å². The molecule has 1 heterocycles. The molecule has 1 aromatic carbocycles. The van der Waals surface area contributed by atoms with Gasteiger partial charge in [0.25, 0.3) is 0 Å². The lowest BCUT2D eigenvalue weighted by Crippen LogP contribution is -2.26. The van der Waals surface area contributed by atoms with Gasteiger partial charge in [-0.1, -0.05) is 12.1 Å². The predicted octanol–water partition coefficient (Wildman–Crippen LogP) is 2.04. The predicted molar refractivity (Wildman–Crippen MR) is 90.6 cm³/mol. The van der Waals surface area contributed by atoms with Crippen molar-refractivity contribution in [3.8, 4) is 0 Å². The molecule has 0 spiro atoms. The number of likely N-dealkylation sites (N-methyl/N-ethyl adjacent to an activating group) is 1. The summed E-state index contributed by atoms with van der Waals surface area (Å²) in [6, 6.07) is 7.88. The number of halogens is 1. The molecule has 0 bridgehead atoms. The maximum atomic E-state index is 11.8. The Morgan fingerprint density at radius 1 is 1.36 bits per heavy atom. The highest BCUT2D eigenvalue weighted by molar-refractivity contribution is 5.92. The normalized spacial score (nSPS) is 10.5. The molecule has 0 fully saturated rings. The Morgan fingerprint density at radius 2 is 2.14 bits per heavy atom. The Morgan fingerprint density at radius 3 is 2.86 bits per heavy atom. The molecule has 1 aromatic heterocycles. The molecule has 22 heavy (non-hydrogen) atoms. The molecule has 0 radical (unpaired) electrons. The lowest BCUT2D eigenvalue weighted by atomic mass is 10.3. The lowest BCUT2D eigenvalue weighted by Gasteiger charge is -2.10. The Balaban J connectivity index is 0.00000242. The molecule has 2 rings (SSSR count). The second kappa shape index (κ2) is 9.40. The van der Waals surface area contributed by atoms with E-state index < -0.39 is 0 Å². The fourth-order valence-electron chi connectivity index (χ4n) is 2.20. The molecule has 0 saturated heterocycles. The largest absolute Gasteiger partial charge is 0.382 e. The summed E-state index contributed by atoms with van der Waals surface area (Å²) in [5, 5.41) is 5.68. The average Bonchev–Trinajstić information content (AvgIpc) is 2.81. The van der Waals surface area contributed by atoms with E-state index in [1.807, 2.05) is 35.8 Å². The highest BCUT2D eigenvalue weighted by atomic mass is 35.5. The van der Waals surface area contributed by atoms with Crippen molar-refractivity contribution in [2.45, 2.75) is 19.9 Å². The second-order valence-electron chi connectivity index (χ2n) is 4.70. The van der Waals surface area contributed by atoms with E-state index in [1.165, 1.54) is 0 Å². The zero-order chi connectivity index (χ0) is 15.1. The fourth-order valence-corrected chi connectivity index (χ4v) is 2.20. The first kappa shape index (κ1) is 18.4. The van der Waals surface area contributed by atoms with Crippen molar-refractivity contribution in [1.29, 1.82) is 0 Å². The number of fused-ring (bicyclic) bond motifs is 1. The second-order valence-corrected chi connectivity index (χ2v) is 4.70. The van der Waals surface area contributed by atoms with Crippen LogP contribution in [-0.2, 0) is 16.1 Å². The van der Waals surface area contributed by atoms with Gasteiger partial charge in [0, 0.05) is 19.8 Å². The highest BCUT2D eigenvalue weighted by Crippen LogP contribution is 2.19. The number of carbonyl (C=O) groups excluding carboxylic acids is 1. The van der Waals surface area contributed by atoms with Crippen LogP contribution in [0.1, 0.15) is 13.3 Å². The number of hydrogen-bond acceptors (Lipinski definition) is 4. The van der Waals surface area contributed by atoms with Gasteiger partial charge in [0.2, 0.25) is 11.9 Å². The minimum atomic E-state index is -0.0983. The van der Waals surface area contributed by atoms with E-state index in [0.717, 1.165) is 30.6 Å². The average molecular weight is 327 g/mol. The van der Waals surface area contributed by atoms with Gasteiger partial charge in [0.05, 0.1) is 17.6 Å². The summed E-state index contributed by atoms with van der Waals surface area (Å²) in [5.74, 6) is 0.492. The third kappa shape index (κ3) is 4.69. The number of ether oxygens (including phenoxy) is 1. The molecule has 0 aliphatic rings. The molecular weight excluding hydrogens is 304 g/mol. The summed E-state index contributed by atoms with van der Waals surface area (Å²) in [6.45, 7) is 4.43. The van der Waals surface area contributed by atoms with E-state index in [1.54, 1.807) is 7.05 Å². The van der Waals surface area contributed by atoms with Gasteiger partial charge in [-0.15, -0.1) is 12.4 Å². The maximum Gasteiger partial charge on any atom is 0.240 e. The van der Waals surface area contributed by atoms with Crippen molar-refractivity contribution >= 4 is 35.3 Å². The number of para-hydroxylation sites is 2. The van der Waals surface area contributed by atoms with Crippen molar-refractivity contribution < 1.29 is 9.53 Å². The molecule has 0 aliphatic heterocycles. The van der Waals surface area contributed by atoms with Crippen molar-refractivity contribution in [1.82, 2.24) is 14.9 Å². The number of aromatic nitrogens is 2. The number of rotatable bonds is 8. The number of anilines is 1. The van der Waals surface area contributed by atoms with E-state index in [0.29, 0.717) is 12.6 Å². The van der Waals surface area contributed by atoms with Crippen molar-refractivity contribution in [2.75, 3.05) is 32.1 Å². The number of benzene rings is 1. The summed E-state index contributed by atoms with van der Waals surface area (Å²) < 4.78 is 7.40. The minimum absolute atomic E-state index is 0. The maximum absolute atomic E-state index is 11.8. The third-order valence-corrected chi connectivity index (χ3v) is 3.12. The van der Waals surface area contributed by atoms with Crippen LogP contribution in [-0.4, -0.2) is 42.3 Å². The number of carbonyl (C=O) groups is 1. The zero-order valence-corrected chi connectivity index (χ0v) is 13.8. The molecule has 0 unspecified atom stereocenters. The minimum Gasteiger partial charge on any atom is -0.382 e. The number of amides is 1. The first-order valence-corrected chi connectivity index (χ1v) is 7.23. The molecule has 2 aromatic rings. The fraction of sp³-hybridized carbons (Fsp3) is 0.467. The molecule has 6 nitrogen and oxygen atoms in total. The van der Waals surface area contributed by atoms with Crippen molar-refractivity contribution in [3.05, 3.63) is 24.3 Å². The molecule has 2 N–H and O–H groups in total. The summed E-state index contributed by atoms with van der Waals surface area (Å²) >= 11 is 0. The van der Waals surface area contributed by atoms with Crippen LogP contribution in [0.2, 0.25) is 0 Å². The number of nitrogens with one attached hydrogen (secondary N) is 2. The molecule has 1 amide bonds. The third-order valence-electron chi connectivity index (χ3n) is 3.12. The molecule has 7 heteroatoms. The van der Waals surface area contributed by atoms with Crippen molar-refractivity contribution in [2.24, 2.45) is 0 Å². The van der Waals surface area contributed by atoms with E-state index in [2.05, 4.69) is 15.6 Å². The van der Waals surface area contributed by atoms with Gasteiger partial charge in [0.1, 0.15) is 0 Å². The Hall–Kier alpha value is -1.63. The standard InChI is InChI=1S/C15H22N4O2.ClH/c1-3-21-10-6-9-19-13-8-5-4-7-12(13)17-15(19)18-14(20)11-16-2;/h4-5,7-8,16H,3,6,9-11H2,1-2H3,(H,17,18,20);1H. The van der Waals surface area contributed by atoms with Crippen molar-refractivity contribution in [3.63, 3.8) is 0 Å². The van der Waals surface area contributed by atoms with E-state index >= 15 is 0 Å². The summed E-state index contributed by atoms with van der Waals surface area (Å²) in [6.07, 6.45) is 0.878. The number of imidazole rings is 1. The van der Waals surface area contributed by atoms with Crippen LogP contribution in [0.5, 0.6) is 0 Å². The van der Waals surface area contributed by atoms with Crippen LogP contribution in [0.3, 0.4) is 0 Å². The quantitative estimate of drug-likeness (QED) is 0.728. The van der Waals surface area contributed by atoms with Gasteiger partial charge in [-0.25, -0.2) is 4.98 Å². The van der Waals surface area contributed by atoms with E-state index in [9.17, 15) is 4.79 Å². The summed E-state index contributed by atoms with van der Waals surface area (Å²) in [5.41, 5.74) is 1.91. The van der Waals surface area contributed by atoms with Gasteiger partial charge in [0.15, 0.2) is 0 Å². The summed E-state index contributed by atoms with van der Waals surface area (Å²) in [4.78, 5) is 16.3. The Labute approximate surface area is 136 Å². The van der Waals surface area contributed by atoms with Crippen LogP contribution in [0.25, 0.3) is 11.0 Å². The lowest BCUT2D eigenvalue weighted by molar-refractivity contribution is -0.115. The first-order valence-electron chi connectivity index (χ1n) is 7.23. The van der Waals surface area contributed by atoms with Gasteiger partial charge in [-0.2, -0.15) is 0 Å². The van der Waals surface area contributed by atoms with Gasteiger partial charge < -0.3 is 14.6 Å². The SMILES string of the molecule is CCOCCCn1c(NC(=O)CNC)nc2ccccc21.Cl. The topological polar surface area (TPSA) is 68.2 Å². The molecule has 0 atom stereocenters. The smallest absolute Gasteiger partial charge is 0.240 e. The van der Waals surface area contributed by atoms with Gasteiger partial charge in [-0.3, -0.25) is 10.1 Å². The zero-order valence-electron chi connectivity index (χ0n) is 13.0. The highest BCUT2D eigenvalue weighted by Gasteiger charge is 2.12. The van der Waals surface area contributed by atoms with Gasteiger partial charge >= 0.3 is 0 Å². The molecule has 122 valence electrons. The monoisotopic (exact) mass is 326 g/mol. The summed E-state index contributed by atoms with van der Waals surface area (Å²) in [7, 11) is 1.74. The van der Waals surface area contributed by atoms with Crippen LogP contribution < -0.4 is 10.6 Å².